The fourth-order valence-electron chi connectivity index (χ4n) is 3.36. The predicted octanol–water partition coefficient (Wildman–Crippen LogP) is 3.22. The van der Waals surface area contributed by atoms with E-state index in [0.29, 0.717) is 11.8 Å². The van der Waals surface area contributed by atoms with Crippen molar-refractivity contribution in [2.45, 2.75) is 18.9 Å². The van der Waals surface area contributed by atoms with Gasteiger partial charge in [0.05, 0.1) is 5.69 Å². The molecule has 5 heteroatoms. The van der Waals surface area contributed by atoms with E-state index in [1.165, 1.54) is 29.5 Å². The minimum Gasteiger partial charge on any atom is -0.472 e. The van der Waals surface area contributed by atoms with Gasteiger partial charge >= 0.3 is 0 Å². The number of hydrogen-bond acceptors (Lipinski definition) is 4. The lowest BCUT2D eigenvalue weighted by atomic mass is 9.86. The van der Waals surface area contributed by atoms with Gasteiger partial charge in [0.15, 0.2) is 0 Å². The van der Waals surface area contributed by atoms with Crippen LogP contribution in [0.5, 0.6) is 5.88 Å². The van der Waals surface area contributed by atoms with Crippen LogP contribution in [-0.4, -0.2) is 40.8 Å². The predicted molar refractivity (Wildman–Crippen MR) is 93.8 cm³/mol. The highest BCUT2D eigenvalue weighted by molar-refractivity contribution is 14.1. The maximum absolute atomic E-state index is 6.08. The molecule has 0 aliphatic carbocycles. The Hall–Kier alpha value is -1.21. The molecule has 114 valence electrons. The van der Waals surface area contributed by atoms with Crippen LogP contribution in [0.2, 0.25) is 0 Å². The average molecular weight is 407 g/mol. The van der Waals surface area contributed by atoms with E-state index in [1.54, 1.807) is 0 Å². The van der Waals surface area contributed by atoms with E-state index >= 15 is 0 Å². The first-order valence-corrected chi connectivity index (χ1v) is 8.84. The molecule has 22 heavy (non-hydrogen) atoms. The summed E-state index contributed by atoms with van der Waals surface area (Å²) in [5, 5.41) is 8.58. The zero-order valence-corrected chi connectivity index (χ0v) is 14.4. The maximum Gasteiger partial charge on any atom is 0.233 e. The van der Waals surface area contributed by atoms with Crippen LogP contribution >= 0.6 is 22.6 Å². The Labute approximate surface area is 144 Å². The number of nitrogens with zero attached hydrogens (tertiary/aromatic N) is 3. The van der Waals surface area contributed by atoms with Crippen molar-refractivity contribution < 1.29 is 4.74 Å². The van der Waals surface area contributed by atoms with Crippen LogP contribution in [0.15, 0.2) is 36.4 Å². The summed E-state index contributed by atoms with van der Waals surface area (Å²) in [7, 11) is 0. The maximum atomic E-state index is 6.08. The van der Waals surface area contributed by atoms with Crippen LogP contribution in [0, 0.1) is 9.49 Å². The van der Waals surface area contributed by atoms with E-state index in [9.17, 15) is 0 Å². The molecule has 1 aromatic carbocycles. The molecule has 3 aliphatic rings. The molecule has 1 aromatic heterocycles. The summed E-state index contributed by atoms with van der Waals surface area (Å²) in [6, 6.07) is 12.2. The molecular weight excluding hydrogens is 389 g/mol. The van der Waals surface area contributed by atoms with E-state index in [1.807, 2.05) is 12.1 Å². The number of aromatic nitrogens is 2. The highest BCUT2D eigenvalue weighted by atomic mass is 127. The summed E-state index contributed by atoms with van der Waals surface area (Å²) >= 11 is 2.30. The zero-order valence-electron chi connectivity index (χ0n) is 12.3. The molecule has 2 bridgehead atoms. The SMILES string of the molecule is Ic1ccc(-c2ccc(OC3CN4CCC3CC4)nn2)cc1. The third kappa shape index (κ3) is 2.96. The van der Waals surface area contributed by atoms with Crippen molar-refractivity contribution in [2.24, 2.45) is 5.92 Å². The summed E-state index contributed by atoms with van der Waals surface area (Å²) in [4.78, 5) is 2.48. The highest BCUT2D eigenvalue weighted by Gasteiger charge is 2.35. The number of rotatable bonds is 3. The van der Waals surface area contributed by atoms with Crippen molar-refractivity contribution in [3.8, 4) is 17.1 Å². The first-order chi connectivity index (χ1) is 10.8. The molecule has 4 nitrogen and oxygen atoms in total. The molecule has 0 N–H and O–H groups in total. The molecule has 0 amide bonds. The minimum atomic E-state index is 0.279. The van der Waals surface area contributed by atoms with Crippen molar-refractivity contribution in [3.05, 3.63) is 40.0 Å². The molecule has 3 aliphatic heterocycles. The Kier molecular flexibility index (Phi) is 4.00. The van der Waals surface area contributed by atoms with Gasteiger partial charge in [0, 0.05) is 21.7 Å². The van der Waals surface area contributed by atoms with E-state index in [2.05, 4.69) is 62.0 Å². The summed E-state index contributed by atoms with van der Waals surface area (Å²) in [6.45, 7) is 3.48. The van der Waals surface area contributed by atoms with Crippen LogP contribution in [-0.2, 0) is 0 Å². The Morgan fingerprint density at radius 2 is 1.77 bits per heavy atom. The van der Waals surface area contributed by atoms with Crippen LogP contribution in [0.1, 0.15) is 12.8 Å². The Morgan fingerprint density at radius 1 is 1.00 bits per heavy atom. The van der Waals surface area contributed by atoms with Gasteiger partial charge in [-0.15, -0.1) is 10.2 Å². The van der Waals surface area contributed by atoms with Gasteiger partial charge in [-0.2, -0.15) is 0 Å². The number of hydrogen-bond donors (Lipinski definition) is 0. The van der Waals surface area contributed by atoms with Gasteiger partial charge in [-0.1, -0.05) is 12.1 Å². The summed E-state index contributed by atoms with van der Waals surface area (Å²) in [5.41, 5.74) is 1.97. The lowest BCUT2D eigenvalue weighted by molar-refractivity contribution is -0.0103. The number of piperidine rings is 3. The average Bonchev–Trinajstić information content (AvgIpc) is 2.58. The van der Waals surface area contributed by atoms with Gasteiger partial charge < -0.3 is 4.74 Å². The van der Waals surface area contributed by atoms with E-state index in [0.717, 1.165) is 17.8 Å². The quantitative estimate of drug-likeness (QED) is 0.733. The van der Waals surface area contributed by atoms with Gasteiger partial charge in [0.25, 0.3) is 0 Å². The van der Waals surface area contributed by atoms with Crippen LogP contribution in [0.3, 0.4) is 0 Å². The molecule has 1 unspecified atom stereocenters. The molecule has 0 saturated carbocycles. The van der Waals surface area contributed by atoms with Crippen molar-refractivity contribution in [2.75, 3.05) is 19.6 Å². The topological polar surface area (TPSA) is 38.2 Å². The first kappa shape index (κ1) is 14.4. The first-order valence-electron chi connectivity index (χ1n) is 7.76. The third-order valence-electron chi connectivity index (χ3n) is 4.65. The van der Waals surface area contributed by atoms with Crippen molar-refractivity contribution >= 4 is 22.6 Å². The van der Waals surface area contributed by atoms with E-state index < -0.39 is 0 Å². The van der Waals surface area contributed by atoms with E-state index in [-0.39, 0.29) is 6.10 Å². The molecule has 1 atom stereocenters. The lowest BCUT2D eigenvalue weighted by Crippen LogP contribution is -2.52. The number of fused-ring (bicyclic) bond motifs is 3. The van der Waals surface area contributed by atoms with Crippen molar-refractivity contribution in [1.82, 2.24) is 15.1 Å². The lowest BCUT2D eigenvalue weighted by Gasteiger charge is -2.44. The molecule has 3 saturated heterocycles. The summed E-state index contributed by atoms with van der Waals surface area (Å²) in [6.07, 6.45) is 2.78. The van der Waals surface area contributed by atoms with Gasteiger partial charge in [-0.25, -0.2) is 0 Å². The fourth-order valence-corrected chi connectivity index (χ4v) is 3.72. The van der Waals surface area contributed by atoms with Crippen LogP contribution in [0.4, 0.5) is 0 Å². The molecular formula is C17H18IN3O. The van der Waals surface area contributed by atoms with Crippen molar-refractivity contribution in [1.29, 1.82) is 0 Å². The molecule has 5 rings (SSSR count). The number of ether oxygens (including phenoxy) is 1. The van der Waals surface area contributed by atoms with Crippen LogP contribution in [0.25, 0.3) is 11.3 Å². The monoisotopic (exact) mass is 407 g/mol. The smallest absolute Gasteiger partial charge is 0.233 e. The minimum absolute atomic E-state index is 0.279. The Balaban J connectivity index is 1.46. The van der Waals surface area contributed by atoms with Gasteiger partial charge in [-0.05, 0) is 72.6 Å². The third-order valence-corrected chi connectivity index (χ3v) is 5.37. The second-order valence-corrected chi connectivity index (χ2v) is 7.30. The van der Waals surface area contributed by atoms with Gasteiger partial charge in [0.1, 0.15) is 6.10 Å². The molecule has 3 fully saturated rings. The second-order valence-electron chi connectivity index (χ2n) is 6.06. The van der Waals surface area contributed by atoms with Crippen LogP contribution < -0.4 is 4.74 Å². The van der Waals surface area contributed by atoms with Gasteiger partial charge in [-0.3, -0.25) is 4.90 Å². The fraction of sp³-hybridized carbons (Fsp3) is 0.412. The van der Waals surface area contributed by atoms with E-state index in [4.69, 9.17) is 4.74 Å². The van der Waals surface area contributed by atoms with Gasteiger partial charge in [0.2, 0.25) is 5.88 Å². The largest absolute Gasteiger partial charge is 0.472 e. The Bertz CT molecular complexity index is 636. The number of halogens is 1. The normalized spacial score (nSPS) is 26.9. The molecule has 0 radical (unpaired) electrons. The second kappa shape index (κ2) is 6.12. The zero-order chi connectivity index (χ0) is 14.9. The molecule has 2 aromatic rings. The Morgan fingerprint density at radius 3 is 2.36 bits per heavy atom. The highest BCUT2D eigenvalue weighted by Crippen LogP contribution is 2.30. The number of benzene rings is 1. The van der Waals surface area contributed by atoms with Crippen molar-refractivity contribution in [3.63, 3.8) is 0 Å². The molecule has 4 heterocycles. The summed E-state index contributed by atoms with van der Waals surface area (Å²) in [5.74, 6) is 1.33. The standard InChI is InChI=1S/C17H18IN3O/c18-14-3-1-12(2-4-14)15-5-6-17(20-19-15)22-16-11-21-9-7-13(16)8-10-21/h1-6,13,16H,7-11H2. The summed E-state index contributed by atoms with van der Waals surface area (Å²) < 4.78 is 7.30. The molecule has 0 spiro atoms.